The van der Waals surface area contributed by atoms with Gasteiger partial charge in [0.15, 0.2) is 0 Å². The quantitative estimate of drug-likeness (QED) is 0.738. The molecule has 2 aromatic carbocycles. The molecule has 0 saturated carbocycles. The first kappa shape index (κ1) is 16.3. The molecule has 1 amide bonds. The molecule has 24 heavy (non-hydrogen) atoms. The maximum Gasteiger partial charge on any atom is 0.257 e. The second-order valence-corrected chi connectivity index (χ2v) is 6.65. The highest BCUT2D eigenvalue weighted by atomic mass is 32.1. The van der Waals surface area contributed by atoms with Crippen LogP contribution in [0.15, 0.2) is 54.6 Å². The zero-order valence-corrected chi connectivity index (χ0v) is 14.5. The van der Waals surface area contributed by atoms with Crippen LogP contribution in [0.4, 0.5) is 5.13 Å². The first-order valence-electron chi connectivity index (χ1n) is 7.93. The Kier molecular flexibility index (Phi) is 5.01. The van der Waals surface area contributed by atoms with Crippen molar-refractivity contribution in [1.29, 1.82) is 0 Å². The van der Waals surface area contributed by atoms with Crippen LogP contribution in [0.3, 0.4) is 0 Å². The number of aryl methyl sites for hydroxylation is 1. The van der Waals surface area contributed by atoms with E-state index in [1.165, 1.54) is 16.9 Å². The number of benzene rings is 2. The fraction of sp³-hybridized carbons (Fsp3) is 0.211. The zero-order valence-electron chi connectivity index (χ0n) is 13.7. The second kappa shape index (κ2) is 7.36. The highest BCUT2D eigenvalue weighted by molar-refractivity contribution is 7.15. The molecule has 1 heterocycles. The first-order valence-corrected chi connectivity index (χ1v) is 8.75. The van der Waals surface area contributed by atoms with Crippen LogP contribution in [0.1, 0.15) is 45.8 Å². The number of carbonyl (C=O) groups excluding carboxylic acids is 1. The summed E-state index contributed by atoms with van der Waals surface area (Å²) >= 11 is 1.43. The van der Waals surface area contributed by atoms with Crippen LogP contribution >= 0.6 is 11.3 Å². The number of hydrogen-bond donors (Lipinski definition) is 1. The van der Waals surface area contributed by atoms with Crippen LogP contribution in [0.25, 0.3) is 0 Å². The Balaban J connectivity index is 1.75. The highest BCUT2D eigenvalue weighted by Crippen LogP contribution is 2.31. The van der Waals surface area contributed by atoms with Crippen molar-refractivity contribution in [2.75, 3.05) is 5.32 Å². The topological polar surface area (TPSA) is 54.9 Å². The molecule has 122 valence electrons. The molecule has 0 saturated heterocycles. The molecule has 1 aromatic heterocycles. The minimum atomic E-state index is -0.162. The Morgan fingerprint density at radius 2 is 1.79 bits per heavy atom. The third-order valence-electron chi connectivity index (χ3n) is 3.88. The van der Waals surface area contributed by atoms with Gasteiger partial charge in [-0.2, -0.15) is 0 Å². The number of nitrogens with one attached hydrogen (secondary N) is 1. The fourth-order valence-corrected chi connectivity index (χ4v) is 3.49. The Morgan fingerprint density at radius 3 is 2.46 bits per heavy atom. The Labute approximate surface area is 145 Å². The summed E-state index contributed by atoms with van der Waals surface area (Å²) in [5, 5.41) is 12.7. The SMILES string of the molecule is CCC(c1ccccc1)c1nnc(NC(=O)c2ccc(C)cc2)s1. The number of amides is 1. The smallest absolute Gasteiger partial charge is 0.257 e. The van der Waals surface area contributed by atoms with Crippen molar-refractivity contribution in [3.63, 3.8) is 0 Å². The summed E-state index contributed by atoms with van der Waals surface area (Å²) in [6.07, 6.45) is 0.935. The summed E-state index contributed by atoms with van der Waals surface area (Å²) in [7, 11) is 0. The maximum atomic E-state index is 12.3. The normalized spacial score (nSPS) is 11.9. The molecule has 3 aromatic rings. The predicted molar refractivity (Wildman–Crippen MR) is 97.6 cm³/mol. The molecule has 1 unspecified atom stereocenters. The van der Waals surface area contributed by atoms with E-state index in [-0.39, 0.29) is 11.8 Å². The Hall–Kier alpha value is -2.53. The number of carbonyl (C=O) groups is 1. The average molecular weight is 337 g/mol. The third kappa shape index (κ3) is 3.68. The van der Waals surface area contributed by atoms with E-state index in [1.807, 2.05) is 49.4 Å². The van der Waals surface area contributed by atoms with Gasteiger partial charge in [0.2, 0.25) is 5.13 Å². The number of aromatic nitrogens is 2. The van der Waals surface area contributed by atoms with Gasteiger partial charge in [0, 0.05) is 11.5 Å². The monoisotopic (exact) mass is 337 g/mol. The summed E-state index contributed by atoms with van der Waals surface area (Å²) in [4.78, 5) is 12.3. The first-order chi connectivity index (χ1) is 11.7. The minimum Gasteiger partial charge on any atom is -0.296 e. The largest absolute Gasteiger partial charge is 0.296 e. The highest BCUT2D eigenvalue weighted by Gasteiger charge is 2.18. The summed E-state index contributed by atoms with van der Waals surface area (Å²) in [5.74, 6) is 0.0409. The van der Waals surface area contributed by atoms with Gasteiger partial charge in [-0.1, -0.05) is 66.3 Å². The summed E-state index contributed by atoms with van der Waals surface area (Å²) < 4.78 is 0. The molecule has 0 aliphatic carbocycles. The minimum absolute atomic E-state index is 0.162. The van der Waals surface area contributed by atoms with Crippen LogP contribution in [-0.4, -0.2) is 16.1 Å². The van der Waals surface area contributed by atoms with Gasteiger partial charge < -0.3 is 0 Å². The zero-order chi connectivity index (χ0) is 16.9. The van der Waals surface area contributed by atoms with Gasteiger partial charge in [0.05, 0.1) is 0 Å². The van der Waals surface area contributed by atoms with Gasteiger partial charge in [-0.3, -0.25) is 10.1 Å². The van der Waals surface area contributed by atoms with Crippen molar-refractivity contribution in [2.45, 2.75) is 26.2 Å². The van der Waals surface area contributed by atoms with E-state index in [0.29, 0.717) is 10.7 Å². The van der Waals surface area contributed by atoms with E-state index >= 15 is 0 Å². The molecule has 0 spiro atoms. The molecule has 0 radical (unpaired) electrons. The van der Waals surface area contributed by atoms with Gasteiger partial charge in [-0.15, -0.1) is 10.2 Å². The van der Waals surface area contributed by atoms with Crippen LogP contribution in [-0.2, 0) is 0 Å². The number of nitrogens with zero attached hydrogens (tertiary/aromatic N) is 2. The van der Waals surface area contributed by atoms with Crippen molar-refractivity contribution in [2.24, 2.45) is 0 Å². The molecule has 0 aliphatic rings. The van der Waals surface area contributed by atoms with Gasteiger partial charge >= 0.3 is 0 Å². The molecule has 0 bridgehead atoms. The Bertz CT molecular complexity index is 812. The van der Waals surface area contributed by atoms with Crippen molar-refractivity contribution in [3.05, 3.63) is 76.3 Å². The van der Waals surface area contributed by atoms with Crippen LogP contribution in [0.2, 0.25) is 0 Å². The Morgan fingerprint density at radius 1 is 1.08 bits per heavy atom. The summed E-state index contributed by atoms with van der Waals surface area (Å²) in [6.45, 7) is 4.12. The summed E-state index contributed by atoms with van der Waals surface area (Å²) in [5.41, 5.74) is 2.96. The van der Waals surface area contributed by atoms with Crippen LogP contribution < -0.4 is 5.32 Å². The number of rotatable bonds is 5. The molecule has 1 N–H and O–H groups in total. The van der Waals surface area contributed by atoms with Gasteiger partial charge in [-0.05, 0) is 31.0 Å². The lowest BCUT2D eigenvalue weighted by molar-refractivity contribution is 0.102. The fourth-order valence-electron chi connectivity index (χ4n) is 2.54. The van der Waals surface area contributed by atoms with E-state index in [1.54, 1.807) is 0 Å². The average Bonchev–Trinajstić information content (AvgIpc) is 3.05. The van der Waals surface area contributed by atoms with Crippen molar-refractivity contribution < 1.29 is 4.79 Å². The van der Waals surface area contributed by atoms with Gasteiger partial charge in [-0.25, -0.2) is 0 Å². The van der Waals surface area contributed by atoms with E-state index in [4.69, 9.17) is 0 Å². The van der Waals surface area contributed by atoms with E-state index < -0.39 is 0 Å². The summed E-state index contributed by atoms with van der Waals surface area (Å²) in [6, 6.07) is 17.7. The maximum absolute atomic E-state index is 12.3. The molecule has 0 fully saturated rings. The number of anilines is 1. The van der Waals surface area contributed by atoms with Crippen molar-refractivity contribution >= 4 is 22.4 Å². The van der Waals surface area contributed by atoms with E-state index in [0.717, 1.165) is 17.0 Å². The molecule has 4 nitrogen and oxygen atoms in total. The van der Waals surface area contributed by atoms with Crippen LogP contribution in [0.5, 0.6) is 0 Å². The van der Waals surface area contributed by atoms with Gasteiger partial charge in [0.1, 0.15) is 5.01 Å². The van der Waals surface area contributed by atoms with Crippen molar-refractivity contribution in [1.82, 2.24) is 10.2 Å². The molecule has 1 atom stereocenters. The van der Waals surface area contributed by atoms with Crippen LogP contribution in [0, 0.1) is 6.92 Å². The second-order valence-electron chi connectivity index (χ2n) is 5.64. The lowest BCUT2D eigenvalue weighted by Crippen LogP contribution is -2.11. The lowest BCUT2D eigenvalue weighted by Gasteiger charge is -2.11. The molecular formula is C19H19N3OS. The molecular weight excluding hydrogens is 318 g/mol. The third-order valence-corrected chi connectivity index (χ3v) is 4.84. The van der Waals surface area contributed by atoms with E-state index in [9.17, 15) is 4.79 Å². The molecule has 3 rings (SSSR count). The standard InChI is InChI=1S/C19H19N3OS/c1-3-16(14-7-5-4-6-8-14)18-21-22-19(24-18)20-17(23)15-11-9-13(2)10-12-15/h4-12,16H,3H2,1-2H3,(H,20,22,23). The molecule has 0 aliphatic heterocycles. The van der Waals surface area contributed by atoms with Gasteiger partial charge in [0.25, 0.3) is 5.91 Å². The number of hydrogen-bond acceptors (Lipinski definition) is 4. The predicted octanol–water partition coefficient (Wildman–Crippen LogP) is 4.64. The van der Waals surface area contributed by atoms with E-state index in [2.05, 4.69) is 34.6 Å². The molecule has 5 heteroatoms. The lowest BCUT2D eigenvalue weighted by atomic mass is 9.97. The van der Waals surface area contributed by atoms with Crippen molar-refractivity contribution in [3.8, 4) is 0 Å².